The van der Waals surface area contributed by atoms with Crippen LogP contribution in [0.4, 0.5) is 4.79 Å². The van der Waals surface area contributed by atoms with Gasteiger partial charge in [0.05, 0.1) is 23.4 Å². The van der Waals surface area contributed by atoms with E-state index >= 15 is 0 Å². The van der Waals surface area contributed by atoms with Crippen molar-refractivity contribution in [2.75, 3.05) is 7.11 Å². The van der Waals surface area contributed by atoms with Crippen LogP contribution >= 0.6 is 23.2 Å². The molecule has 1 saturated heterocycles. The van der Waals surface area contributed by atoms with Crippen molar-refractivity contribution < 1.29 is 14.3 Å². The average molecular weight is 392 g/mol. The van der Waals surface area contributed by atoms with E-state index in [4.69, 9.17) is 27.9 Å². The van der Waals surface area contributed by atoms with Crippen LogP contribution in [0.2, 0.25) is 10.0 Å². The van der Waals surface area contributed by atoms with Crippen molar-refractivity contribution in [1.29, 1.82) is 0 Å². The van der Waals surface area contributed by atoms with E-state index in [-0.39, 0.29) is 0 Å². The Morgan fingerprint density at radius 2 is 1.81 bits per heavy atom. The summed E-state index contributed by atoms with van der Waals surface area (Å²) in [6.07, 6.45) is 1.37. The molecule has 2 aromatic rings. The van der Waals surface area contributed by atoms with E-state index in [0.29, 0.717) is 26.9 Å². The minimum Gasteiger partial charge on any atom is -0.497 e. The molecule has 0 saturated carbocycles. The molecule has 6 nitrogen and oxygen atoms in total. The lowest BCUT2D eigenvalue weighted by Gasteiger charge is -2.21. The van der Waals surface area contributed by atoms with Gasteiger partial charge in [0.2, 0.25) is 0 Å². The molecule has 1 aliphatic rings. The summed E-state index contributed by atoms with van der Waals surface area (Å²) in [5, 5.41) is 8.24. The Labute approximate surface area is 160 Å². The first-order valence-electron chi connectivity index (χ1n) is 7.65. The van der Waals surface area contributed by atoms with Crippen LogP contribution in [0.15, 0.2) is 47.6 Å². The Kier molecular flexibility index (Phi) is 4.89. The van der Waals surface area contributed by atoms with Gasteiger partial charge in [-0.2, -0.15) is 5.10 Å². The lowest BCUT2D eigenvalue weighted by atomic mass is 9.92. The SMILES string of the molecule is COc1ccc([C@@]2(C)NC(=O)N(/N=C\c3ccc(Cl)c(Cl)c3)C2=O)cc1. The van der Waals surface area contributed by atoms with Crippen LogP contribution in [0.3, 0.4) is 0 Å². The summed E-state index contributed by atoms with van der Waals surface area (Å²) in [6.45, 7) is 1.63. The molecule has 1 N–H and O–H groups in total. The van der Waals surface area contributed by atoms with Gasteiger partial charge in [0, 0.05) is 0 Å². The summed E-state index contributed by atoms with van der Waals surface area (Å²) >= 11 is 11.8. The van der Waals surface area contributed by atoms with Crippen LogP contribution in [-0.2, 0) is 10.3 Å². The number of nitrogens with one attached hydrogen (secondary N) is 1. The predicted molar refractivity (Wildman–Crippen MR) is 99.8 cm³/mol. The maximum Gasteiger partial charge on any atom is 0.346 e. The first-order chi connectivity index (χ1) is 12.3. The van der Waals surface area contributed by atoms with E-state index in [0.717, 1.165) is 5.01 Å². The topological polar surface area (TPSA) is 71.0 Å². The fourth-order valence-corrected chi connectivity index (χ4v) is 2.87. The molecular weight excluding hydrogens is 377 g/mol. The highest BCUT2D eigenvalue weighted by Gasteiger charge is 2.49. The summed E-state index contributed by atoms with van der Waals surface area (Å²) in [5.41, 5.74) is 0.0279. The number of ether oxygens (including phenoxy) is 1. The van der Waals surface area contributed by atoms with Gasteiger partial charge in [0.15, 0.2) is 0 Å². The average Bonchev–Trinajstić information content (AvgIpc) is 2.86. The number of imide groups is 1. The molecule has 26 heavy (non-hydrogen) atoms. The van der Waals surface area contributed by atoms with Crippen LogP contribution in [0, 0.1) is 0 Å². The Balaban J connectivity index is 1.85. The van der Waals surface area contributed by atoms with Crippen LogP contribution in [0.5, 0.6) is 5.75 Å². The van der Waals surface area contributed by atoms with Crippen molar-refractivity contribution in [3.05, 3.63) is 63.6 Å². The van der Waals surface area contributed by atoms with Gasteiger partial charge in [-0.1, -0.05) is 41.4 Å². The maximum atomic E-state index is 12.8. The summed E-state index contributed by atoms with van der Waals surface area (Å²) in [6, 6.07) is 11.2. The normalized spacial score (nSPS) is 19.9. The third-order valence-electron chi connectivity index (χ3n) is 4.10. The van der Waals surface area contributed by atoms with E-state index in [1.807, 2.05) is 0 Å². The van der Waals surface area contributed by atoms with E-state index in [1.54, 1.807) is 56.5 Å². The maximum absolute atomic E-state index is 12.8. The van der Waals surface area contributed by atoms with Gasteiger partial charge in [-0.3, -0.25) is 4.79 Å². The standard InChI is InChI=1S/C18H15Cl2N3O3/c1-18(12-4-6-13(26-2)7-5-12)16(24)23(17(25)22-18)21-10-11-3-8-14(19)15(20)9-11/h3-10H,1-2H3,(H,22,25)/b21-10-/t18-/m1/s1. The van der Waals surface area contributed by atoms with Crippen molar-refractivity contribution >= 4 is 41.4 Å². The minimum absolute atomic E-state index is 0.357. The molecule has 134 valence electrons. The summed E-state index contributed by atoms with van der Waals surface area (Å²) < 4.78 is 5.11. The second-order valence-electron chi connectivity index (χ2n) is 5.82. The number of carbonyl (C=O) groups excluding carboxylic acids is 2. The first kappa shape index (κ1) is 18.2. The number of carbonyl (C=O) groups is 2. The number of nitrogens with zero attached hydrogens (tertiary/aromatic N) is 2. The molecule has 0 radical (unpaired) electrons. The molecule has 3 amide bonds. The van der Waals surface area contributed by atoms with Crippen LogP contribution < -0.4 is 10.1 Å². The zero-order chi connectivity index (χ0) is 18.9. The van der Waals surface area contributed by atoms with Crippen molar-refractivity contribution in [1.82, 2.24) is 10.3 Å². The number of urea groups is 1. The molecule has 1 fully saturated rings. The zero-order valence-electron chi connectivity index (χ0n) is 14.0. The lowest BCUT2D eigenvalue weighted by Crippen LogP contribution is -2.40. The van der Waals surface area contributed by atoms with E-state index in [2.05, 4.69) is 10.4 Å². The van der Waals surface area contributed by atoms with E-state index in [9.17, 15) is 9.59 Å². The smallest absolute Gasteiger partial charge is 0.346 e. The van der Waals surface area contributed by atoms with Crippen molar-refractivity contribution in [2.45, 2.75) is 12.5 Å². The van der Waals surface area contributed by atoms with Crippen molar-refractivity contribution in [3.63, 3.8) is 0 Å². The third kappa shape index (κ3) is 3.25. The largest absolute Gasteiger partial charge is 0.497 e. The molecular formula is C18H15Cl2N3O3. The van der Waals surface area contributed by atoms with Crippen LogP contribution in [0.25, 0.3) is 0 Å². The number of halogens is 2. The quantitative estimate of drug-likeness (QED) is 0.636. The van der Waals surface area contributed by atoms with Gasteiger partial charge >= 0.3 is 6.03 Å². The van der Waals surface area contributed by atoms with Crippen molar-refractivity contribution in [2.24, 2.45) is 5.10 Å². The molecule has 1 aliphatic heterocycles. The lowest BCUT2D eigenvalue weighted by molar-refractivity contribution is -0.131. The summed E-state index contributed by atoms with van der Waals surface area (Å²) in [5.74, 6) is 0.174. The molecule has 2 aromatic carbocycles. The molecule has 0 aliphatic carbocycles. The van der Waals surface area contributed by atoms with Gasteiger partial charge in [0.25, 0.3) is 5.91 Å². The second-order valence-corrected chi connectivity index (χ2v) is 6.63. The third-order valence-corrected chi connectivity index (χ3v) is 4.84. The minimum atomic E-state index is -1.21. The molecule has 0 unspecified atom stereocenters. The van der Waals surface area contributed by atoms with Gasteiger partial charge in [-0.15, -0.1) is 5.01 Å². The molecule has 0 bridgehead atoms. The summed E-state index contributed by atoms with van der Waals surface area (Å²) in [4.78, 5) is 25.0. The highest BCUT2D eigenvalue weighted by Crippen LogP contribution is 2.30. The number of hydrazone groups is 1. The Morgan fingerprint density at radius 1 is 1.12 bits per heavy atom. The number of hydrogen-bond donors (Lipinski definition) is 1. The van der Waals surface area contributed by atoms with E-state index < -0.39 is 17.5 Å². The zero-order valence-corrected chi connectivity index (χ0v) is 15.5. The highest BCUT2D eigenvalue weighted by atomic mass is 35.5. The van der Waals surface area contributed by atoms with Gasteiger partial charge < -0.3 is 10.1 Å². The fourth-order valence-electron chi connectivity index (χ4n) is 2.57. The fraction of sp³-hybridized carbons (Fsp3) is 0.167. The Morgan fingerprint density at radius 3 is 2.42 bits per heavy atom. The number of rotatable bonds is 4. The molecule has 0 aromatic heterocycles. The predicted octanol–water partition coefficient (Wildman–Crippen LogP) is 3.80. The van der Waals surface area contributed by atoms with Gasteiger partial charge in [-0.05, 0) is 42.3 Å². The molecule has 1 atom stereocenters. The number of benzene rings is 2. The van der Waals surface area contributed by atoms with Crippen LogP contribution in [0.1, 0.15) is 18.1 Å². The number of amides is 3. The number of methoxy groups -OCH3 is 1. The van der Waals surface area contributed by atoms with Gasteiger partial charge in [0.1, 0.15) is 11.3 Å². The number of hydrogen-bond acceptors (Lipinski definition) is 4. The molecule has 8 heteroatoms. The molecule has 0 spiro atoms. The van der Waals surface area contributed by atoms with Gasteiger partial charge in [-0.25, -0.2) is 4.79 Å². The Bertz CT molecular complexity index is 899. The Hall–Kier alpha value is -2.57. The van der Waals surface area contributed by atoms with E-state index in [1.165, 1.54) is 6.21 Å². The first-order valence-corrected chi connectivity index (χ1v) is 8.41. The van der Waals surface area contributed by atoms with Crippen LogP contribution in [-0.4, -0.2) is 30.3 Å². The van der Waals surface area contributed by atoms with Crippen molar-refractivity contribution in [3.8, 4) is 5.75 Å². The highest BCUT2D eigenvalue weighted by molar-refractivity contribution is 6.42. The summed E-state index contributed by atoms with van der Waals surface area (Å²) in [7, 11) is 1.55. The monoisotopic (exact) mass is 391 g/mol. The molecule has 3 rings (SSSR count). The molecule has 1 heterocycles. The second kappa shape index (κ2) is 6.97.